The molecule has 0 saturated carbocycles. The molecule has 8 saturated heterocycles. The molecular formula is C34H34N6O7S4. The minimum Gasteiger partial charge on any atom is -0.457 e. The average molecular weight is 767 g/mol. The van der Waals surface area contributed by atoms with Gasteiger partial charge in [0.1, 0.15) is 18.4 Å². The maximum Gasteiger partial charge on any atom is 0.303 e. The molecule has 2 aromatic carbocycles. The summed E-state index contributed by atoms with van der Waals surface area (Å²) in [5.41, 5.74) is -0.849. The molecule has 12 rings (SSSR count). The molecule has 13 nitrogen and oxygen atoms in total. The van der Waals surface area contributed by atoms with Crippen molar-refractivity contribution in [3.8, 4) is 0 Å². The third-order valence-electron chi connectivity index (χ3n) is 12.9. The molecule has 2 spiro atoms. The summed E-state index contributed by atoms with van der Waals surface area (Å²) in [6.07, 6.45) is -4.47. The summed E-state index contributed by atoms with van der Waals surface area (Å²) in [4.78, 5) is 73.8. The number of amides is 4. The molecule has 1 unspecified atom stereocenters. The fourth-order valence-electron chi connectivity index (χ4n) is 10.8. The van der Waals surface area contributed by atoms with E-state index in [1.807, 2.05) is 62.4 Å². The molecular weight excluding hydrogens is 733 g/mol. The lowest BCUT2D eigenvalue weighted by Crippen LogP contribution is -2.78. The third kappa shape index (κ3) is 2.90. The summed E-state index contributed by atoms with van der Waals surface area (Å²) in [6, 6.07) is 14.8. The number of piperazine rings is 2. The Morgan fingerprint density at radius 1 is 0.725 bits per heavy atom. The number of hydrogen-bond donors (Lipinski definition) is 3. The van der Waals surface area contributed by atoms with Crippen molar-refractivity contribution in [3.63, 3.8) is 0 Å². The van der Waals surface area contributed by atoms with Crippen molar-refractivity contribution in [2.45, 2.75) is 88.5 Å². The van der Waals surface area contributed by atoms with Gasteiger partial charge in [-0.25, -0.2) is 0 Å². The van der Waals surface area contributed by atoms with Crippen molar-refractivity contribution < 1.29 is 33.8 Å². The lowest BCUT2D eigenvalue weighted by atomic mass is 9.52. The average Bonchev–Trinajstić information content (AvgIpc) is 3.78. The molecule has 8 fully saturated rings. The van der Waals surface area contributed by atoms with Gasteiger partial charge in [-0.05, 0) is 57.7 Å². The normalized spacial score (nSPS) is 43.4. The van der Waals surface area contributed by atoms with Gasteiger partial charge < -0.3 is 30.3 Å². The van der Waals surface area contributed by atoms with E-state index in [1.165, 1.54) is 59.9 Å². The van der Waals surface area contributed by atoms with Crippen LogP contribution in [0.1, 0.15) is 44.7 Å². The number of aliphatic hydroxyl groups excluding tert-OH is 1. The number of ether oxygens (including phenoxy) is 1. The van der Waals surface area contributed by atoms with Crippen molar-refractivity contribution in [3.05, 3.63) is 59.7 Å². The number of hydrogen-bond acceptors (Lipinski definition) is 13. The van der Waals surface area contributed by atoms with Crippen LogP contribution in [0.25, 0.3) is 0 Å². The van der Waals surface area contributed by atoms with E-state index in [-0.39, 0.29) is 11.8 Å². The number of fused-ring (bicyclic) bond motifs is 11. The van der Waals surface area contributed by atoms with Gasteiger partial charge in [0, 0.05) is 32.4 Å². The van der Waals surface area contributed by atoms with Gasteiger partial charge in [0.15, 0.2) is 15.8 Å². The minimum absolute atomic E-state index is 0.321. The van der Waals surface area contributed by atoms with E-state index in [4.69, 9.17) is 4.74 Å². The summed E-state index contributed by atoms with van der Waals surface area (Å²) in [5.74, 6) is -2.14. The number of nitrogens with zero attached hydrogens (tertiary/aromatic N) is 4. The summed E-state index contributed by atoms with van der Waals surface area (Å²) >= 11 is 0. The van der Waals surface area contributed by atoms with Crippen LogP contribution in [-0.2, 0) is 39.5 Å². The largest absolute Gasteiger partial charge is 0.457 e. The van der Waals surface area contributed by atoms with Gasteiger partial charge in [-0.3, -0.25) is 33.8 Å². The smallest absolute Gasteiger partial charge is 0.303 e. The summed E-state index contributed by atoms with van der Waals surface area (Å²) in [7, 11) is 8.18. The van der Waals surface area contributed by atoms with Crippen LogP contribution in [0.3, 0.4) is 0 Å². The molecule has 17 heteroatoms. The monoisotopic (exact) mass is 766 g/mol. The molecule has 3 N–H and O–H groups in total. The number of esters is 1. The van der Waals surface area contributed by atoms with E-state index >= 15 is 14.4 Å². The third-order valence-corrected chi connectivity index (χ3v) is 20.5. The number of benzene rings is 2. The van der Waals surface area contributed by atoms with E-state index in [1.54, 1.807) is 23.9 Å². The van der Waals surface area contributed by atoms with E-state index in [2.05, 4.69) is 10.6 Å². The van der Waals surface area contributed by atoms with Crippen LogP contribution in [0.4, 0.5) is 11.4 Å². The number of aliphatic hydroxyl groups is 1. The Hall–Kier alpha value is -3.25. The van der Waals surface area contributed by atoms with Crippen LogP contribution < -0.4 is 10.6 Å². The number of likely N-dealkylation sites (N-methyl/N-ethyl adjacent to an activating group) is 2. The number of carbonyl (C=O) groups is 5. The fraction of sp³-hybridized carbons (Fsp3) is 0.500. The Bertz CT molecular complexity index is 2060. The Kier molecular flexibility index (Phi) is 6.13. The SMILES string of the molecule is CC[C@@]12SS[C@]3(C(=O)N1C)[C@@H](O)C1([C@@]45c6ccccc6N[C@@H]4N4C(=O)[C@]6(CC)SS[C@]4(C(=O)N6C)[C@H]5OC(C)=O)c4ccccc4N[C@@H]1N3C2=O. The molecule has 10 aliphatic rings. The summed E-state index contributed by atoms with van der Waals surface area (Å²) < 4.78 is 6.53. The second-order valence-corrected chi connectivity index (χ2v) is 19.7. The van der Waals surface area contributed by atoms with Crippen molar-refractivity contribution in [2.75, 3.05) is 24.7 Å². The quantitative estimate of drug-likeness (QED) is 0.310. The standard InChI is InChI=1S/C34H34N6O7S4/c1-6-29-25(43)39-23-31(17-12-8-10-14-19(17)35-23,21(42)33(39,50-48-29)27(45)37(29)4)32-18-13-9-11-15-20(18)36-24(32)40-26(44)30(7-2)38(5)28(46)34(40,51-49-30)22(32)47-16(3)41/h8-15,21-24,35-36,42H,6-7H2,1-5H3/t21-,22-,23+,24+,29-,30-,31?,32+,33-,34-/m0/s1. The number of anilines is 2. The molecule has 0 radical (unpaired) electrons. The van der Waals surface area contributed by atoms with E-state index in [0.717, 1.165) is 0 Å². The van der Waals surface area contributed by atoms with Crippen molar-refractivity contribution in [2.24, 2.45) is 0 Å². The van der Waals surface area contributed by atoms with Crippen LogP contribution in [0.5, 0.6) is 0 Å². The molecule has 4 amide bonds. The highest BCUT2D eigenvalue weighted by Gasteiger charge is 2.94. The topological polar surface area (TPSA) is 152 Å². The van der Waals surface area contributed by atoms with Crippen molar-refractivity contribution >= 4 is 84.1 Å². The van der Waals surface area contributed by atoms with Crippen LogP contribution in [0.2, 0.25) is 0 Å². The Morgan fingerprint density at radius 3 is 1.71 bits per heavy atom. The molecule has 266 valence electrons. The zero-order chi connectivity index (χ0) is 35.8. The zero-order valence-electron chi connectivity index (χ0n) is 28.2. The molecule has 10 heterocycles. The van der Waals surface area contributed by atoms with Gasteiger partial charge in [-0.2, -0.15) is 0 Å². The maximum absolute atomic E-state index is 15.2. The van der Waals surface area contributed by atoms with Crippen LogP contribution in [-0.4, -0.2) is 112 Å². The van der Waals surface area contributed by atoms with Gasteiger partial charge in [0.25, 0.3) is 23.6 Å². The first kappa shape index (κ1) is 32.4. The lowest BCUT2D eigenvalue weighted by molar-refractivity contribution is -0.172. The van der Waals surface area contributed by atoms with Crippen molar-refractivity contribution in [1.29, 1.82) is 0 Å². The first-order valence-corrected chi connectivity index (χ1v) is 21.2. The van der Waals surface area contributed by atoms with E-state index in [0.29, 0.717) is 35.3 Å². The highest BCUT2D eigenvalue weighted by molar-refractivity contribution is 8.78. The molecule has 0 aliphatic carbocycles. The van der Waals surface area contributed by atoms with Gasteiger partial charge in [-0.15, -0.1) is 0 Å². The molecule has 51 heavy (non-hydrogen) atoms. The Morgan fingerprint density at radius 2 is 1.18 bits per heavy atom. The fourth-order valence-corrected chi connectivity index (χ4v) is 18.7. The second kappa shape index (κ2) is 9.64. The predicted octanol–water partition coefficient (Wildman–Crippen LogP) is 2.68. The maximum atomic E-state index is 15.2. The second-order valence-electron chi connectivity index (χ2n) is 14.4. The van der Waals surface area contributed by atoms with E-state index in [9.17, 15) is 14.7 Å². The highest BCUT2D eigenvalue weighted by atomic mass is 33.1. The number of para-hydroxylation sites is 2. The van der Waals surface area contributed by atoms with Crippen LogP contribution >= 0.6 is 43.2 Å². The predicted molar refractivity (Wildman–Crippen MR) is 194 cm³/mol. The van der Waals surface area contributed by atoms with Crippen LogP contribution in [0.15, 0.2) is 48.5 Å². The lowest BCUT2D eigenvalue weighted by Gasteiger charge is -2.59. The Labute approximate surface area is 309 Å². The van der Waals surface area contributed by atoms with Crippen molar-refractivity contribution in [1.82, 2.24) is 19.6 Å². The molecule has 0 aromatic heterocycles. The van der Waals surface area contributed by atoms with Crippen LogP contribution in [0, 0.1) is 0 Å². The summed E-state index contributed by atoms with van der Waals surface area (Å²) in [5, 5.41) is 20.8. The number of rotatable bonds is 4. The van der Waals surface area contributed by atoms with E-state index < -0.39 is 72.6 Å². The Balaban J connectivity index is 1.37. The number of carbonyl (C=O) groups excluding carboxylic acids is 5. The highest BCUT2D eigenvalue weighted by Crippen LogP contribution is 2.79. The van der Waals surface area contributed by atoms with Gasteiger partial charge in [-0.1, -0.05) is 71.8 Å². The molecule has 10 atom stereocenters. The first-order valence-electron chi connectivity index (χ1n) is 16.9. The molecule has 2 aromatic rings. The first-order chi connectivity index (χ1) is 24.3. The zero-order valence-corrected chi connectivity index (χ0v) is 31.4. The van der Waals surface area contributed by atoms with Gasteiger partial charge >= 0.3 is 5.97 Å². The summed E-state index contributed by atoms with van der Waals surface area (Å²) in [6.45, 7) is 5.00. The molecule has 10 aliphatic heterocycles. The van der Waals surface area contributed by atoms with Gasteiger partial charge in [0.2, 0.25) is 9.74 Å². The number of nitrogens with one attached hydrogen (secondary N) is 2. The molecule has 4 bridgehead atoms. The minimum atomic E-state index is -1.80. The van der Waals surface area contributed by atoms with Gasteiger partial charge in [0.05, 0.1) is 10.8 Å².